The first kappa shape index (κ1) is 36.9. The van der Waals surface area contributed by atoms with Crippen molar-refractivity contribution in [2.45, 2.75) is 19.3 Å². The molecule has 0 amide bonds. The Labute approximate surface area is 376 Å². The first-order valence-corrected chi connectivity index (χ1v) is 23.0. The molecule has 0 fully saturated rings. The summed E-state index contributed by atoms with van der Waals surface area (Å²) >= 11 is 1.90. The number of aromatic nitrogens is 1. The van der Waals surface area contributed by atoms with Crippen LogP contribution in [-0.2, 0) is 5.41 Å². The fourth-order valence-corrected chi connectivity index (χ4v) is 12.0. The molecule has 1 aliphatic rings. The summed E-state index contributed by atoms with van der Waals surface area (Å²) in [5, 5.41) is 7.64. The van der Waals surface area contributed by atoms with E-state index in [9.17, 15) is 0 Å². The molecule has 10 aromatic carbocycles. The van der Waals surface area contributed by atoms with E-state index in [4.69, 9.17) is 0 Å². The second kappa shape index (κ2) is 14.2. The minimum absolute atomic E-state index is 0.125. The van der Waals surface area contributed by atoms with Crippen LogP contribution in [0.3, 0.4) is 0 Å². The van der Waals surface area contributed by atoms with Crippen molar-refractivity contribution in [3.05, 3.63) is 230 Å². The molecule has 0 bridgehead atoms. The molecule has 0 aliphatic heterocycles. The van der Waals surface area contributed by atoms with E-state index >= 15 is 0 Å². The molecule has 0 saturated heterocycles. The van der Waals surface area contributed by atoms with Crippen molar-refractivity contribution in [3.8, 4) is 39.1 Å². The normalized spacial score (nSPS) is 13.0. The van der Waals surface area contributed by atoms with Crippen molar-refractivity contribution in [3.63, 3.8) is 0 Å². The van der Waals surface area contributed by atoms with Crippen molar-refractivity contribution in [1.29, 1.82) is 0 Å². The average Bonchev–Trinajstić information content (AvgIpc) is 3.97. The van der Waals surface area contributed by atoms with E-state index in [0.717, 1.165) is 17.1 Å². The molecule has 13 rings (SSSR count). The average molecular weight is 835 g/mol. The highest BCUT2D eigenvalue weighted by molar-refractivity contribution is 7.26. The zero-order valence-electron chi connectivity index (χ0n) is 35.6. The largest absolute Gasteiger partial charge is 0.310 e. The molecule has 302 valence electrons. The summed E-state index contributed by atoms with van der Waals surface area (Å²) in [6, 6.07) is 80.8. The van der Waals surface area contributed by atoms with Crippen molar-refractivity contribution in [2.24, 2.45) is 0 Å². The maximum absolute atomic E-state index is 2.47. The van der Waals surface area contributed by atoms with Gasteiger partial charge in [-0.05, 0) is 117 Å². The van der Waals surface area contributed by atoms with Crippen molar-refractivity contribution < 1.29 is 0 Å². The highest BCUT2D eigenvalue weighted by atomic mass is 32.1. The van der Waals surface area contributed by atoms with Gasteiger partial charge in [0, 0.05) is 58.8 Å². The second-order valence-corrected chi connectivity index (χ2v) is 18.7. The van der Waals surface area contributed by atoms with Crippen LogP contribution in [0.15, 0.2) is 218 Å². The van der Waals surface area contributed by atoms with Gasteiger partial charge >= 0.3 is 0 Å². The lowest BCUT2D eigenvalue weighted by molar-refractivity contribution is 0.660. The third-order valence-electron chi connectivity index (χ3n) is 13.8. The maximum Gasteiger partial charge on any atom is 0.0555 e. The maximum atomic E-state index is 2.47. The SMILES string of the molecule is CC1(C)c2ccccc2-c2ccc(N(c3ccc(-c4ccccc4)cc3)c3ccc(-c4ccc5c(c4)c4c6sc7ccccc7c6ccc4n5-c4ccccc4)c4ccccc34)cc21. The lowest BCUT2D eigenvalue weighted by Gasteiger charge is -2.29. The monoisotopic (exact) mass is 834 g/mol. The first-order chi connectivity index (χ1) is 31.5. The summed E-state index contributed by atoms with van der Waals surface area (Å²) in [5.41, 5.74) is 17.1. The van der Waals surface area contributed by atoms with Crippen LogP contribution < -0.4 is 4.90 Å². The molecular formula is C61H42N2S. The van der Waals surface area contributed by atoms with Crippen LogP contribution in [0.4, 0.5) is 17.1 Å². The van der Waals surface area contributed by atoms with Gasteiger partial charge in [-0.1, -0.05) is 166 Å². The van der Waals surface area contributed by atoms with Crippen LogP contribution in [0, 0.1) is 0 Å². The molecule has 0 spiro atoms. The summed E-state index contributed by atoms with van der Waals surface area (Å²) in [6.07, 6.45) is 0. The molecule has 1 aliphatic carbocycles. The molecule has 3 heteroatoms. The number of fused-ring (bicyclic) bond motifs is 11. The Bertz CT molecular complexity index is 3800. The smallest absolute Gasteiger partial charge is 0.0555 e. The minimum atomic E-state index is -0.125. The Kier molecular flexibility index (Phi) is 8.16. The number of benzene rings is 10. The highest BCUT2D eigenvalue weighted by Gasteiger charge is 2.36. The summed E-state index contributed by atoms with van der Waals surface area (Å²) < 4.78 is 5.10. The summed E-state index contributed by atoms with van der Waals surface area (Å²) in [5.74, 6) is 0. The molecule has 0 radical (unpaired) electrons. The second-order valence-electron chi connectivity index (χ2n) is 17.7. The highest BCUT2D eigenvalue weighted by Crippen LogP contribution is 2.52. The van der Waals surface area contributed by atoms with Crippen molar-refractivity contribution in [2.75, 3.05) is 4.90 Å². The number of nitrogens with zero attached hydrogens (tertiary/aromatic N) is 2. The van der Waals surface area contributed by atoms with Gasteiger partial charge in [0.25, 0.3) is 0 Å². The predicted molar refractivity (Wildman–Crippen MR) is 274 cm³/mol. The van der Waals surface area contributed by atoms with E-state index in [1.54, 1.807) is 0 Å². The minimum Gasteiger partial charge on any atom is -0.310 e. The molecule has 0 N–H and O–H groups in total. The lowest BCUT2D eigenvalue weighted by Crippen LogP contribution is -2.16. The summed E-state index contributed by atoms with van der Waals surface area (Å²) in [4.78, 5) is 2.47. The molecule has 0 unspecified atom stereocenters. The van der Waals surface area contributed by atoms with Gasteiger partial charge in [-0.2, -0.15) is 0 Å². The van der Waals surface area contributed by atoms with Crippen LogP contribution in [0.25, 0.3) is 91.8 Å². The van der Waals surface area contributed by atoms with Crippen molar-refractivity contribution >= 4 is 81.1 Å². The van der Waals surface area contributed by atoms with Gasteiger partial charge in [-0.3, -0.25) is 0 Å². The van der Waals surface area contributed by atoms with Crippen LogP contribution >= 0.6 is 11.3 Å². The molecule has 12 aromatic rings. The van der Waals surface area contributed by atoms with Crippen LogP contribution in [-0.4, -0.2) is 4.57 Å². The van der Waals surface area contributed by atoms with E-state index < -0.39 is 0 Å². The van der Waals surface area contributed by atoms with Gasteiger partial charge in [0.2, 0.25) is 0 Å². The van der Waals surface area contributed by atoms with Crippen molar-refractivity contribution in [1.82, 2.24) is 4.57 Å². The van der Waals surface area contributed by atoms with Gasteiger partial charge in [-0.15, -0.1) is 11.3 Å². The predicted octanol–water partition coefficient (Wildman–Crippen LogP) is 17.4. The molecule has 64 heavy (non-hydrogen) atoms. The fraction of sp³-hybridized carbons (Fsp3) is 0.0492. The van der Waals surface area contributed by atoms with Gasteiger partial charge in [-0.25, -0.2) is 0 Å². The van der Waals surface area contributed by atoms with Crippen LogP contribution in [0.2, 0.25) is 0 Å². The van der Waals surface area contributed by atoms with Gasteiger partial charge in [0.15, 0.2) is 0 Å². The third kappa shape index (κ3) is 5.51. The van der Waals surface area contributed by atoms with Gasteiger partial charge in [0.1, 0.15) is 0 Å². The quantitative estimate of drug-likeness (QED) is 0.162. The zero-order chi connectivity index (χ0) is 42.5. The van der Waals surface area contributed by atoms with Gasteiger partial charge < -0.3 is 9.47 Å². The fourth-order valence-electron chi connectivity index (χ4n) is 10.7. The Hall–Kier alpha value is -7.72. The molecule has 2 heterocycles. The lowest BCUT2D eigenvalue weighted by atomic mass is 9.82. The standard InChI is InChI=1S/C61H42N2S/c1-61(2)53-23-13-11-20-47(53)48-31-30-44(38-54(48)61)62(43-28-25-40(26-29-43)39-15-5-3-6-16-39)55-35-32-45(46-19-9-10-21-49(46)55)41-27-34-56-52(37-41)59-57(63(56)42-17-7-4-8-18-42)36-33-51-50-22-12-14-24-58(50)64-60(51)59/h3-38H,1-2H3. The molecular weight excluding hydrogens is 793 g/mol. The van der Waals surface area contributed by atoms with Crippen LogP contribution in [0.5, 0.6) is 0 Å². The third-order valence-corrected chi connectivity index (χ3v) is 15.0. The first-order valence-electron chi connectivity index (χ1n) is 22.2. The van der Waals surface area contributed by atoms with E-state index in [-0.39, 0.29) is 5.41 Å². The Morgan fingerprint density at radius 2 is 1.03 bits per heavy atom. The number of para-hydroxylation sites is 1. The molecule has 0 saturated carbocycles. The number of hydrogen-bond acceptors (Lipinski definition) is 2. The summed E-state index contributed by atoms with van der Waals surface area (Å²) in [6.45, 7) is 4.73. The molecule has 0 atom stereocenters. The number of anilines is 3. The zero-order valence-corrected chi connectivity index (χ0v) is 36.4. The van der Waals surface area contributed by atoms with E-state index in [0.29, 0.717) is 0 Å². The Morgan fingerprint density at radius 1 is 0.406 bits per heavy atom. The molecule has 2 aromatic heterocycles. The number of thiophene rings is 1. The van der Waals surface area contributed by atoms with E-state index in [1.165, 1.54) is 103 Å². The van der Waals surface area contributed by atoms with Gasteiger partial charge in [0.05, 0.1) is 16.7 Å². The Morgan fingerprint density at radius 3 is 1.86 bits per heavy atom. The summed E-state index contributed by atoms with van der Waals surface area (Å²) in [7, 11) is 0. The number of hydrogen-bond donors (Lipinski definition) is 0. The van der Waals surface area contributed by atoms with E-state index in [2.05, 4.69) is 242 Å². The topological polar surface area (TPSA) is 8.17 Å². The Balaban J connectivity index is 1.02. The van der Waals surface area contributed by atoms with Crippen LogP contribution in [0.1, 0.15) is 25.0 Å². The van der Waals surface area contributed by atoms with E-state index in [1.807, 2.05) is 11.3 Å². The molecule has 2 nitrogen and oxygen atoms in total. The number of rotatable bonds is 6.